The highest BCUT2D eigenvalue weighted by atomic mass is 32.1. The standard InChI is InChI=1S/C14H17N3S/c1-2-6-14(17-7-3-4-8-17)13(5-1)16-10-12-9-15-11-18-12/h1-2,5-6,9,11,16H,3-4,7-8,10H2. The fraction of sp³-hybridized carbons (Fsp3) is 0.357. The summed E-state index contributed by atoms with van der Waals surface area (Å²) in [5.41, 5.74) is 4.44. The highest BCUT2D eigenvalue weighted by Gasteiger charge is 2.15. The Bertz CT molecular complexity index is 490. The Hall–Kier alpha value is -1.55. The Kier molecular flexibility index (Phi) is 3.46. The van der Waals surface area contributed by atoms with Crippen molar-refractivity contribution in [3.05, 3.63) is 40.8 Å². The summed E-state index contributed by atoms with van der Waals surface area (Å²) in [6.45, 7) is 3.22. The fourth-order valence-corrected chi connectivity index (χ4v) is 2.90. The molecule has 3 rings (SSSR count). The maximum atomic E-state index is 4.10. The van der Waals surface area contributed by atoms with Crippen LogP contribution in [-0.2, 0) is 6.54 Å². The fourth-order valence-electron chi connectivity index (χ4n) is 2.37. The minimum absolute atomic E-state index is 0.857. The van der Waals surface area contributed by atoms with Crippen LogP contribution in [0.2, 0.25) is 0 Å². The lowest BCUT2D eigenvalue weighted by molar-refractivity contribution is 0.949. The van der Waals surface area contributed by atoms with Gasteiger partial charge in [0, 0.05) is 24.2 Å². The maximum Gasteiger partial charge on any atom is 0.0794 e. The molecule has 18 heavy (non-hydrogen) atoms. The molecule has 0 saturated carbocycles. The third-order valence-corrected chi connectivity index (χ3v) is 4.07. The van der Waals surface area contributed by atoms with Crippen molar-refractivity contribution in [2.75, 3.05) is 23.3 Å². The molecular weight excluding hydrogens is 242 g/mol. The average Bonchev–Trinajstić information content (AvgIpc) is 3.10. The van der Waals surface area contributed by atoms with E-state index in [0.29, 0.717) is 0 Å². The Morgan fingerprint density at radius 3 is 2.83 bits per heavy atom. The summed E-state index contributed by atoms with van der Waals surface area (Å²) in [6.07, 6.45) is 4.54. The summed E-state index contributed by atoms with van der Waals surface area (Å²) in [6, 6.07) is 8.58. The van der Waals surface area contributed by atoms with Gasteiger partial charge in [-0.3, -0.25) is 4.98 Å². The number of nitrogens with one attached hydrogen (secondary N) is 1. The van der Waals surface area contributed by atoms with Crippen molar-refractivity contribution in [3.63, 3.8) is 0 Å². The van der Waals surface area contributed by atoms with Gasteiger partial charge in [-0.1, -0.05) is 12.1 Å². The molecule has 0 amide bonds. The van der Waals surface area contributed by atoms with Crippen molar-refractivity contribution in [2.45, 2.75) is 19.4 Å². The normalized spacial score (nSPS) is 15.0. The van der Waals surface area contributed by atoms with Crippen molar-refractivity contribution in [1.82, 2.24) is 4.98 Å². The second-order valence-electron chi connectivity index (χ2n) is 4.53. The maximum absolute atomic E-state index is 4.10. The molecular formula is C14H17N3S. The lowest BCUT2D eigenvalue weighted by atomic mass is 10.2. The van der Waals surface area contributed by atoms with Gasteiger partial charge >= 0.3 is 0 Å². The van der Waals surface area contributed by atoms with Gasteiger partial charge in [-0.25, -0.2) is 0 Å². The number of para-hydroxylation sites is 2. The Morgan fingerprint density at radius 2 is 2.06 bits per heavy atom. The van der Waals surface area contributed by atoms with Crippen LogP contribution in [0.5, 0.6) is 0 Å². The van der Waals surface area contributed by atoms with Crippen molar-refractivity contribution in [2.24, 2.45) is 0 Å². The van der Waals surface area contributed by atoms with Crippen LogP contribution in [0.15, 0.2) is 36.0 Å². The molecule has 1 N–H and O–H groups in total. The van der Waals surface area contributed by atoms with Crippen LogP contribution in [0.1, 0.15) is 17.7 Å². The Balaban J connectivity index is 1.74. The van der Waals surface area contributed by atoms with Crippen molar-refractivity contribution in [3.8, 4) is 0 Å². The quantitative estimate of drug-likeness (QED) is 0.912. The van der Waals surface area contributed by atoms with E-state index in [0.717, 1.165) is 6.54 Å². The first-order valence-corrected chi connectivity index (χ1v) is 7.27. The lowest BCUT2D eigenvalue weighted by Gasteiger charge is -2.21. The van der Waals surface area contributed by atoms with Crippen LogP contribution in [0.25, 0.3) is 0 Å². The number of thiazole rings is 1. The molecule has 0 aliphatic carbocycles. The van der Waals surface area contributed by atoms with Gasteiger partial charge < -0.3 is 10.2 Å². The molecule has 0 atom stereocenters. The molecule has 0 radical (unpaired) electrons. The summed E-state index contributed by atoms with van der Waals surface area (Å²) in [5.74, 6) is 0. The third-order valence-electron chi connectivity index (χ3n) is 3.29. The molecule has 2 heterocycles. The molecule has 4 heteroatoms. The van der Waals surface area contributed by atoms with E-state index in [-0.39, 0.29) is 0 Å². The predicted molar refractivity (Wildman–Crippen MR) is 77.3 cm³/mol. The minimum atomic E-state index is 0.857. The number of benzene rings is 1. The molecule has 1 aliphatic heterocycles. The zero-order valence-electron chi connectivity index (χ0n) is 10.3. The van der Waals surface area contributed by atoms with E-state index in [9.17, 15) is 0 Å². The van der Waals surface area contributed by atoms with Crippen LogP contribution < -0.4 is 10.2 Å². The smallest absolute Gasteiger partial charge is 0.0794 e. The second-order valence-corrected chi connectivity index (χ2v) is 5.50. The molecule has 0 spiro atoms. The van der Waals surface area contributed by atoms with E-state index < -0.39 is 0 Å². The van der Waals surface area contributed by atoms with Gasteiger partial charge in [0.1, 0.15) is 0 Å². The number of hydrogen-bond donors (Lipinski definition) is 1. The van der Waals surface area contributed by atoms with Gasteiger partial charge in [-0.2, -0.15) is 0 Å². The summed E-state index contributed by atoms with van der Waals surface area (Å²) in [5, 5.41) is 3.52. The number of nitrogens with zero attached hydrogens (tertiary/aromatic N) is 2. The number of rotatable bonds is 4. The first-order chi connectivity index (χ1) is 8.93. The van der Waals surface area contributed by atoms with Crippen molar-refractivity contribution >= 4 is 22.7 Å². The number of anilines is 2. The van der Waals surface area contributed by atoms with Gasteiger partial charge in [0.2, 0.25) is 0 Å². The molecule has 0 bridgehead atoms. The lowest BCUT2D eigenvalue weighted by Crippen LogP contribution is -2.19. The monoisotopic (exact) mass is 259 g/mol. The van der Waals surface area contributed by atoms with Gasteiger partial charge in [-0.05, 0) is 25.0 Å². The number of aromatic nitrogens is 1. The van der Waals surface area contributed by atoms with Gasteiger partial charge in [0.05, 0.1) is 23.4 Å². The molecule has 1 aromatic heterocycles. The van der Waals surface area contributed by atoms with Crippen LogP contribution in [0.3, 0.4) is 0 Å². The van der Waals surface area contributed by atoms with E-state index in [1.165, 1.54) is 42.2 Å². The molecule has 3 nitrogen and oxygen atoms in total. The van der Waals surface area contributed by atoms with E-state index in [1.54, 1.807) is 11.3 Å². The highest BCUT2D eigenvalue weighted by molar-refractivity contribution is 7.09. The zero-order valence-corrected chi connectivity index (χ0v) is 11.1. The Labute approximate surface area is 111 Å². The van der Waals surface area contributed by atoms with E-state index in [1.807, 2.05) is 11.7 Å². The Morgan fingerprint density at radius 1 is 1.22 bits per heavy atom. The highest BCUT2D eigenvalue weighted by Crippen LogP contribution is 2.29. The molecule has 1 saturated heterocycles. The predicted octanol–water partition coefficient (Wildman–Crippen LogP) is 3.36. The van der Waals surface area contributed by atoms with Gasteiger partial charge in [-0.15, -0.1) is 11.3 Å². The zero-order chi connectivity index (χ0) is 12.2. The number of hydrogen-bond acceptors (Lipinski definition) is 4. The van der Waals surface area contributed by atoms with Crippen LogP contribution >= 0.6 is 11.3 Å². The summed E-state index contributed by atoms with van der Waals surface area (Å²) in [7, 11) is 0. The topological polar surface area (TPSA) is 28.2 Å². The summed E-state index contributed by atoms with van der Waals surface area (Å²) in [4.78, 5) is 7.84. The molecule has 2 aromatic rings. The van der Waals surface area contributed by atoms with Gasteiger partial charge in [0.25, 0.3) is 0 Å². The largest absolute Gasteiger partial charge is 0.378 e. The second kappa shape index (κ2) is 5.40. The van der Waals surface area contributed by atoms with Crippen molar-refractivity contribution in [1.29, 1.82) is 0 Å². The van der Waals surface area contributed by atoms with Crippen molar-refractivity contribution < 1.29 is 0 Å². The molecule has 0 unspecified atom stereocenters. The SMILES string of the molecule is c1ccc(N2CCCC2)c(NCc2cncs2)c1. The first-order valence-electron chi connectivity index (χ1n) is 6.39. The van der Waals surface area contributed by atoms with E-state index in [4.69, 9.17) is 0 Å². The van der Waals surface area contributed by atoms with Crippen LogP contribution in [-0.4, -0.2) is 18.1 Å². The average molecular weight is 259 g/mol. The molecule has 1 aliphatic rings. The molecule has 1 fully saturated rings. The van der Waals surface area contributed by atoms with E-state index in [2.05, 4.69) is 39.5 Å². The molecule has 94 valence electrons. The van der Waals surface area contributed by atoms with E-state index >= 15 is 0 Å². The van der Waals surface area contributed by atoms with Crippen LogP contribution in [0, 0.1) is 0 Å². The summed E-state index contributed by atoms with van der Waals surface area (Å²) >= 11 is 1.69. The third kappa shape index (κ3) is 2.48. The molecule has 1 aromatic carbocycles. The van der Waals surface area contributed by atoms with Gasteiger partial charge in [0.15, 0.2) is 0 Å². The van der Waals surface area contributed by atoms with Crippen LogP contribution in [0.4, 0.5) is 11.4 Å². The minimum Gasteiger partial charge on any atom is -0.378 e. The first kappa shape index (κ1) is 11.5. The summed E-state index contributed by atoms with van der Waals surface area (Å²) < 4.78 is 0.